The van der Waals surface area contributed by atoms with Crippen LogP contribution < -0.4 is 0 Å². The summed E-state index contributed by atoms with van der Waals surface area (Å²) in [5.41, 5.74) is 0. The van der Waals surface area contributed by atoms with Gasteiger partial charge >= 0.3 is 5.97 Å². The molecule has 7 N–H and O–H groups in total. The second-order valence-electron chi connectivity index (χ2n) is 21.5. The third kappa shape index (κ3) is 33.7. The molecule has 0 spiro atoms. The van der Waals surface area contributed by atoms with E-state index in [1.165, 1.54) is 173 Å². The molecule has 2 fully saturated rings. The van der Waals surface area contributed by atoms with Crippen molar-refractivity contribution in [1.29, 1.82) is 0 Å². The number of ether oxygens (including phenoxy) is 6. The average molecular weight is 1060 g/mol. The van der Waals surface area contributed by atoms with E-state index in [0.717, 1.165) is 51.4 Å². The van der Waals surface area contributed by atoms with Crippen LogP contribution in [0.2, 0.25) is 0 Å². The molecule has 0 aromatic carbocycles. The van der Waals surface area contributed by atoms with E-state index in [1.54, 1.807) is 0 Å². The molecule has 0 aromatic heterocycles. The summed E-state index contributed by atoms with van der Waals surface area (Å²) in [4.78, 5) is 13.1. The zero-order valence-corrected chi connectivity index (χ0v) is 46.8. The molecular weight excluding hydrogens is 945 g/mol. The van der Waals surface area contributed by atoms with Crippen LogP contribution in [0.5, 0.6) is 0 Å². The van der Waals surface area contributed by atoms with Gasteiger partial charge in [0.05, 0.1) is 26.4 Å². The van der Waals surface area contributed by atoms with Crippen molar-refractivity contribution in [2.45, 2.75) is 319 Å². The Labute approximate surface area is 449 Å². The number of carbonyl (C=O) groups excluding carboxylic acids is 1. The molecule has 11 unspecified atom stereocenters. The largest absolute Gasteiger partial charge is 0.457 e. The molecular formula is C60H112O14. The number of hydrogen-bond acceptors (Lipinski definition) is 14. The van der Waals surface area contributed by atoms with E-state index in [4.69, 9.17) is 28.4 Å². The fourth-order valence-corrected chi connectivity index (χ4v) is 9.79. The molecule has 0 amide bonds. The lowest BCUT2D eigenvalue weighted by Crippen LogP contribution is -2.61. The number of unbranched alkanes of at least 4 members (excludes halogenated alkanes) is 32. The highest BCUT2D eigenvalue weighted by Crippen LogP contribution is 2.27. The van der Waals surface area contributed by atoms with Gasteiger partial charge in [0, 0.05) is 13.0 Å². The van der Waals surface area contributed by atoms with Gasteiger partial charge in [-0.1, -0.05) is 224 Å². The Kier molecular flexibility index (Phi) is 44.0. The highest BCUT2D eigenvalue weighted by atomic mass is 16.7. The summed E-state index contributed by atoms with van der Waals surface area (Å²) in [6, 6.07) is 0. The number of hydrogen-bond donors (Lipinski definition) is 7. The molecule has 2 aliphatic heterocycles. The molecule has 2 heterocycles. The number of esters is 1. The fraction of sp³-hybridized carbons (Fsp3) is 0.917. The van der Waals surface area contributed by atoms with E-state index in [1.807, 2.05) is 0 Å². The Morgan fingerprint density at radius 1 is 0.446 bits per heavy atom. The molecule has 0 aromatic rings. The van der Waals surface area contributed by atoms with Crippen LogP contribution in [0.4, 0.5) is 0 Å². The normalized spacial score (nSPS) is 24.9. The fourth-order valence-electron chi connectivity index (χ4n) is 9.79. The zero-order chi connectivity index (χ0) is 53.7. The molecule has 0 saturated carbocycles. The van der Waals surface area contributed by atoms with Crippen molar-refractivity contribution in [2.75, 3.05) is 33.0 Å². The van der Waals surface area contributed by atoms with Gasteiger partial charge in [0.15, 0.2) is 12.6 Å². The van der Waals surface area contributed by atoms with Crippen molar-refractivity contribution in [2.24, 2.45) is 0 Å². The van der Waals surface area contributed by atoms with E-state index in [0.29, 0.717) is 13.0 Å². The molecule has 0 bridgehead atoms. The second kappa shape index (κ2) is 47.5. The standard InChI is InChI=1S/C60H112O14/c1-3-5-7-9-11-13-15-17-19-21-23-24-25-27-29-31-33-35-37-39-41-43-52(62)72-49(46-69-44-42-40-38-36-34-32-30-28-26-22-20-18-16-14-12-10-8-6-4-2)47-70-59-58(68)56(66)54(64)51(74-59)48-71-60-57(67)55(65)53(63)50(45-61)73-60/h15,17,21,23,49-51,53-61,63-68H,3-14,16,18-20,22,24-48H2,1-2H3/b17-15-,23-21-. The molecule has 2 rings (SSSR count). The van der Waals surface area contributed by atoms with Gasteiger partial charge in [0.2, 0.25) is 0 Å². The van der Waals surface area contributed by atoms with Gasteiger partial charge in [-0.15, -0.1) is 0 Å². The Balaban J connectivity index is 1.70. The van der Waals surface area contributed by atoms with Crippen molar-refractivity contribution in [1.82, 2.24) is 0 Å². The number of aliphatic hydroxyl groups is 7. The minimum absolute atomic E-state index is 0.0649. The van der Waals surface area contributed by atoms with Crippen molar-refractivity contribution in [3.63, 3.8) is 0 Å². The summed E-state index contributed by atoms with van der Waals surface area (Å²) in [6.07, 6.45) is 38.1. The second-order valence-corrected chi connectivity index (χ2v) is 21.5. The summed E-state index contributed by atoms with van der Waals surface area (Å²) in [7, 11) is 0. The maximum atomic E-state index is 13.1. The summed E-state index contributed by atoms with van der Waals surface area (Å²) in [6.45, 7) is 3.73. The molecule has 0 aliphatic carbocycles. The van der Waals surface area contributed by atoms with Crippen LogP contribution in [0.15, 0.2) is 24.3 Å². The first kappa shape index (κ1) is 68.6. The summed E-state index contributed by atoms with van der Waals surface area (Å²) < 4.78 is 34.4. The van der Waals surface area contributed by atoms with E-state index in [2.05, 4.69) is 38.2 Å². The summed E-state index contributed by atoms with van der Waals surface area (Å²) in [5.74, 6) is -0.375. The predicted molar refractivity (Wildman–Crippen MR) is 294 cm³/mol. The lowest BCUT2D eigenvalue weighted by molar-refractivity contribution is -0.332. The number of allylic oxidation sites excluding steroid dienone is 4. The summed E-state index contributed by atoms with van der Waals surface area (Å²) >= 11 is 0. The monoisotopic (exact) mass is 1060 g/mol. The van der Waals surface area contributed by atoms with E-state index in [-0.39, 0.29) is 25.6 Å². The van der Waals surface area contributed by atoms with E-state index < -0.39 is 80.7 Å². The Morgan fingerprint density at radius 2 is 0.838 bits per heavy atom. The molecule has 2 aliphatic rings. The van der Waals surface area contributed by atoms with Gasteiger partial charge in [0.1, 0.15) is 54.9 Å². The van der Waals surface area contributed by atoms with Gasteiger partial charge in [-0.25, -0.2) is 0 Å². The van der Waals surface area contributed by atoms with Crippen LogP contribution >= 0.6 is 0 Å². The van der Waals surface area contributed by atoms with Crippen molar-refractivity contribution < 1.29 is 69.0 Å². The summed E-state index contributed by atoms with van der Waals surface area (Å²) in [5, 5.41) is 72.4. The molecule has 436 valence electrons. The lowest BCUT2D eigenvalue weighted by atomic mass is 9.98. The van der Waals surface area contributed by atoms with Gasteiger partial charge < -0.3 is 64.2 Å². The van der Waals surface area contributed by atoms with Crippen LogP contribution in [0.3, 0.4) is 0 Å². The minimum Gasteiger partial charge on any atom is -0.457 e. The Bertz CT molecular complexity index is 1320. The number of carbonyl (C=O) groups is 1. The lowest BCUT2D eigenvalue weighted by Gasteiger charge is -2.42. The maximum Gasteiger partial charge on any atom is 0.306 e. The Morgan fingerprint density at radius 3 is 1.30 bits per heavy atom. The molecule has 0 radical (unpaired) electrons. The van der Waals surface area contributed by atoms with Gasteiger partial charge in [-0.3, -0.25) is 4.79 Å². The van der Waals surface area contributed by atoms with Crippen LogP contribution in [0.25, 0.3) is 0 Å². The first-order chi connectivity index (χ1) is 36.1. The Hall–Kier alpha value is -1.53. The maximum absolute atomic E-state index is 13.1. The van der Waals surface area contributed by atoms with Gasteiger partial charge in [0.25, 0.3) is 0 Å². The van der Waals surface area contributed by atoms with Crippen LogP contribution in [0, 0.1) is 0 Å². The quantitative estimate of drug-likeness (QED) is 0.0172. The first-order valence-electron chi connectivity index (χ1n) is 30.4. The minimum atomic E-state index is -1.71. The molecule has 11 atom stereocenters. The van der Waals surface area contributed by atoms with Crippen molar-refractivity contribution >= 4 is 5.97 Å². The molecule has 14 nitrogen and oxygen atoms in total. The average Bonchev–Trinajstić information content (AvgIpc) is 3.40. The highest BCUT2D eigenvalue weighted by Gasteiger charge is 2.47. The van der Waals surface area contributed by atoms with Crippen molar-refractivity contribution in [3.8, 4) is 0 Å². The number of aliphatic hydroxyl groups excluding tert-OH is 7. The zero-order valence-electron chi connectivity index (χ0n) is 46.8. The molecule has 2 saturated heterocycles. The van der Waals surface area contributed by atoms with Crippen LogP contribution in [-0.4, -0.2) is 142 Å². The van der Waals surface area contributed by atoms with E-state index >= 15 is 0 Å². The van der Waals surface area contributed by atoms with Gasteiger partial charge in [-0.05, 0) is 44.9 Å². The third-order valence-electron chi connectivity index (χ3n) is 14.7. The molecule has 14 heteroatoms. The topological polar surface area (TPSA) is 214 Å². The number of rotatable bonds is 50. The van der Waals surface area contributed by atoms with E-state index in [9.17, 15) is 40.5 Å². The van der Waals surface area contributed by atoms with Crippen molar-refractivity contribution in [3.05, 3.63) is 24.3 Å². The molecule has 74 heavy (non-hydrogen) atoms. The SMILES string of the molecule is CCCCCCC/C=C\C/C=C\CCCCCCCCCCCC(=O)OC(COCCCCCCCCCCCCCCCCCCCCC)COC1OC(COC2OC(CO)C(O)C(O)C2O)C(O)C(O)C1O. The highest BCUT2D eigenvalue weighted by molar-refractivity contribution is 5.69. The third-order valence-corrected chi connectivity index (χ3v) is 14.7. The first-order valence-corrected chi connectivity index (χ1v) is 30.4. The van der Waals surface area contributed by atoms with Crippen LogP contribution in [-0.2, 0) is 33.2 Å². The van der Waals surface area contributed by atoms with Gasteiger partial charge in [-0.2, -0.15) is 0 Å². The smallest absolute Gasteiger partial charge is 0.306 e. The predicted octanol–water partition coefficient (Wildman–Crippen LogP) is 11.1. The van der Waals surface area contributed by atoms with Crippen LogP contribution in [0.1, 0.15) is 251 Å².